The van der Waals surface area contributed by atoms with Crippen molar-refractivity contribution in [2.24, 2.45) is 0 Å². The largest absolute Gasteiger partial charge is 0.497 e. The summed E-state index contributed by atoms with van der Waals surface area (Å²) in [5.74, 6) is 0.797. The van der Waals surface area contributed by atoms with Crippen molar-refractivity contribution in [3.63, 3.8) is 0 Å². The number of methoxy groups -OCH3 is 1. The fourth-order valence-corrected chi connectivity index (χ4v) is 3.79. The van der Waals surface area contributed by atoms with Crippen molar-refractivity contribution < 1.29 is 14.9 Å². The Balaban J connectivity index is 1.80. The van der Waals surface area contributed by atoms with Gasteiger partial charge in [-0.1, -0.05) is 17.7 Å². The molecule has 4 rings (SSSR count). The van der Waals surface area contributed by atoms with Crippen molar-refractivity contribution in [3.05, 3.63) is 65.9 Å². The Labute approximate surface area is 165 Å². The van der Waals surface area contributed by atoms with Gasteiger partial charge in [-0.15, -0.1) is 0 Å². The number of aliphatic hydroxyl groups is 2. The van der Waals surface area contributed by atoms with Crippen LogP contribution in [0.3, 0.4) is 0 Å². The quantitative estimate of drug-likeness (QED) is 0.721. The van der Waals surface area contributed by atoms with E-state index in [1.165, 1.54) is 5.56 Å². The Bertz CT molecular complexity index is 937. The van der Waals surface area contributed by atoms with E-state index in [4.69, 9.17) is 9.84 Å². The second-order valence-corrected chi connectivity index (χ2v) is 7.65. The number of nitrogens with zero attached hydrogens (tertiary/aromatic N) is 2. The average molecular weight is 378 g/mol. The molecular weight excluding hydrogens is 352 g/mol. The van der Waals surface area contributed by atoms with Gasteiger partial charge in [0.05, 0.1) is 30.3 Å². The summed E-state index contributed by atoms with van der Waals surface area (Å²) in [6, 6.07) is 18.0. The van der Waals surface area contributed by atoms with E-state index in [9.17, 15) is 10.2 Å². The molecule has 1 aliphatic carbocycles. The molecule has 0 radical (unpaired) electrons. The van der Waals surface area contributed by atoms with Crippen LogP contribution in [0.5, 0.6) is 5.75 Å². The van der Waals surface area contributed by atoms with Gasteiger partial charge >= 0.3 is 0 Å². The zero-order chi connectivity index (χ0) is 19.7. The number of benzene rings is 2. The lowest BCUT2D eigenvalue weighted by Gasteiger charge is -2.32. The van der Waals surface area contributed by atoms with Crippen LogP contribution in [0.2, 0.25) is 0 Å². The van der Waals surface area contributed by atoms with E-state index in [1.807, 2.05) is 47.1 Å². The highest BCUT2D eigenvalue weighted by molar-refractivity contribution is 5.64. The molecule has 5 nitrogen and oxygen atoms in total. The van der Waals surface area contributed by atoms with Gasteiger partial charge in [0, 0.05) is 5.56 Å². The summed E-state index contributed by atoms with van der Waals surface area (Å²) in [7, 11) is 1.65. The molecule has 146 valence electrons. The highest BCUT2D eigenvalue weighted by atomic mass is 16.5. The molecular formula is C23H26N2O3. The van der Waals surface area contributed by atoms with Crippen molar-refractivity contribution in [1.29, 1.82) is 0 Å². The van der Waals surface area contributed by atoms with Crippen molar-refractivity contribution in [3.8, 4) is 22.7 Å². The van der Waals surface area contributed by atoms with E-state index < -0.39 is 5.60 Å². The first-order valence-electron chi connectivity index (χ1n) is 9.71. The third-order valence-corrected chi connectivity index (χ3v) is 5.63. The maximum absolute atomic E-state index is 11.2. The number of aryl methyl sites for hydroxylation is 1. The van der Waals surface area contributed by atoms with Gasteiger partial charge in [-0.2, -0.15) is 5.10 Å². The summed E-state index contributed by atoms with van der Waals surface area (Å²) < 4.78 is 7.16. The molecule has 0 spiro atoms. The van der Waals surface area contributed by atoms with Gasteiger partial charge in [-0.3, -0.25) is 0 Å². The Morgan fingerprint density at radius 1 is 1.04 bits per heavy atom. The van der Waals surface area contributed by atoms with Crippen LogP contribution in [0.25, 0.3) is 16.9 Å². The van der Waals surface area contributed by atoms with E-state index in [0.29, 0.717) is 31.4 Å². The standard InChI is InChI=1S/C23H26N2O3/c1-16-3-7-18(8-4-16)25-21(17-5-9-20(28-2)10-6-17)15-22(24-25)23(27)13-11-19(26)12-14-23/h3-10,15,19,26-27H,11-14H2,1-2H3. The second-order valence-electron chi connectivity index (χ2n) is 7.65. The number of aromatic nitrogens is 2. The summed E-state index contributed by atoms with van der Waals surface area (Å²) >= 11 is 0. The summed E-state index contributed by atoms with van der Waals surface area (Å²) in [6.45, 7) is 2.05. The van der Waals surface area contributed by atoms with E-state index >= 15 is 0 Å². The first-order chi connectivity index (χ1) is 13.5. The number of hydrogen-bond donors (Lipinski definition) is 2. The van der Waals surface area contributed by atoms with Crippen molar-refractivity contribution >= 4 is 0 Å². The smallest absolute Gasteiger partial charge is 0.118 e. The summed E-state index contributed by atoms with van der Waals surface area (Å²) in [4.78, 5) is 0. The lowest BCUT2D eigenvalue weighted by molar-refractivity contribution is -0.0393. The molecule has 0 aliphatic heterocycles. The second kappa shape index (κ2) is 7.41. The lowest BCUT2D eigenvalue weighted by Crippen LogP contribution is -2.33. The normalized spacial score (nSPS) is 22.2. The average Bonchev–Trinajstić information content (AvgIpc) is 3.17. The van der Waals surface area contributed by atoms with Crippen molar-refractivity contribution in [2.45, 2.75) is 44.3 Å². The zero-order valence-electron chi connectivity index (χ0n) is 16.3. The van der Waals surface area contributed by atoms with E-state index in [-0.39, 0.29) is 6.10 Å². The van der Waals surface area contributed by atoms with Gasteiger partial charge in [0.25, 0.3) is 0 Å². The maximum Gasteiger partial charge on any atom is 0.118 e. The van der Waals surface area contributed by atoms with Gasteiger partial charge in [0.1, 0.15) is 11.4 Å². The van der Waals surface area contributed by atoms with E-state index in [1.54, 1.807) is 7.11 Å². The van der Waals surface area contributed by atoms with Gasteiger partial charge in [0.15, 0.2) is 0 Å². The molecule has 2 N–H and O–H groups in total. The van der Waals surface area contributed by atoms with Gasteiger partial charge in [0.2, 0.25) is 0 Å². The Morgan fingerprint density at radius 2 is 1.68 bits per heavy atom. The van der Waals surface area contributed by atoms with Crippen LogP contribution in [-0.2, 0) is 5.60 Å². The minimum absolute atomic E-state index is 0.333. The highest BCUT2D eigenvalue weighted by Crippen LogP contribution is 2.38. The highest BCUT2D eigenvalue weighted by Gasteiger charge is 2.37. The molecule has 1 aliphatic rings. The molecule has 0 bridgehead atoms. The molecule has 28 heavy (non-hydrogen) atoms. The summed E-state index contributed by atoms with van der Waals surface area (Å²) in [5, 5.41) is 25.8. The maximum atomic E-state index is 11.2. The first-order valence-corrected chi connectivity index (χ1v) is 9.71. The van der Waals surface area contributed by atoms with Crippen LogP contribution in [0.1, 0.15) is 36.9 Å². The molecule has 5 heteroatoms. The molecule has 2 aromatic carbocycles. The summed E-state index contributed by atoms with van der Waals surface area (Å²) in [5.41, 5.74) is 3.70. The van der Waals surface area contributed by atoms with Crippen LogP contribution in [0.15, 0.2) is 54.6 Å². The molecule has 1 saturated carbocycles. The first kappa shape index (κ1) is 18.7. The molecule has 0 unspecified atom stereocenters. The third kappa shape index (κ3) is 3.55. The Kier molecular flexibility index (Phi) is 4.96. The molecule has 0 amide bonds. The molecule has 1 heterocycles. The molecule has 1 aromatic heterocycles. The minimum atomic E-state index is -1.00. The van der Waals surface area contributed by atoms with Gasteiger partial charge in [-0.25, -0.2) is 4.68 Å². The molecule has 1 fully saturated rings. The van der Waals surface area contributed by atoms with Crippen LogP contribution >= 0.6 is 0 Å². The number of rotatable bonds is 4. The Morgan fingerprint density at radius 3 is 2.29 bits per heavy atom. The molecule has 0 atom stereocenters. The number of hydrogen-bond acceptors (Lipinski definition) is 4. The SMILES string of the molecule is COc1ccc(-c2cc(C3(O)CCC(O)CC3)nn2-c2ccc(C)cc2)cc1. The van der Waals surface area contributed by atoms with E-state index in [0.717, 1.165) is 22.7 Å². The number of aliphatic hydroxyl groups excluding tert-OH is 1. The van der Waals surface area contributed by atoms with Crippen molar-refractivity contribution in [2.75, 3.05) is 7.11 Å². The van der Waals surface area contributed by atoms with Crippen molar-refractivity contribution in [1.82, 2.24) is 9.78 Å². The lowest BCUT2D eigenvalue weighted by atomic mass is 9.81. The topological polar surface area (TPSA) is 67.5 Å². The van der Waals surface area contributed by atoms with Gasteiger partial charge < -0.3 is 14.9 Å². The van der Waals surface area contributed by atoms with Gasteiger partial charge in [-0.05, 0) is 75.1 Å². The third-order valence-electron chi connectivity index (χ3n) is 5.63. The zero-order valence-corrected chi connectivity index (χ0v) is 16.3. The monoisotopic (exact) mass is 378 g/mol. The molecule has 3 aromatic rings. The fraction of sp³-hybridized carbons (Fsp3) is 0.348. The predicted molar refractivity (Wildman–Crippen MR) is 109 cm³/mol. The molecule has 0 saturated heterocycles. The predicted octanol–water partition coefficient (Wildman–Crippen LogP) is 3.98. The minimum Gasteiger partial charge on any atom is -0.497 e. The number of ether oxygens (including phenoxy) is 1. The van der Waals surface area contributed by atoms with Crippen LogP contribution in [-0.4, -0.2) is 33.2 Å². The fourth-order valence-electron chi connectivity index (χ4n) is 3.79. The van der Waals surface area contributed by atoms with Crippen LogP contribution in [0, 0.1) is 6.92 Å². The van der Waals surface area contributed by atoms with Crippen LogP contribution in [0.4, 0.5) is 0 Å². The Hall–Kier alpha value is -2.63. The van der Waals surface area contributed by atoms with E-state index in [2.05, 4.69) is 19.1 Å². The summed E-state index contributed by atoms with van der Waals surface area (Å²) in [6.07, 6.45) is 1.88. The van der Waals surface area contributed by atoms with Crippen LogP contribution < -0.4 is 4.74 Å².